The zero-order valence-electron chi connectivity index (χ0n) is 22.9. The number of ether oxygens (including phenoxy) is 2. The molecule has 0 bridgehead atoms. The number of fused-ring (bicyclic) bond motifs is 3. The van der Waals surface area contributed by atoms with Gasteiger partial charge in [0, 0.05) is 43.7 Å². The Labute approximate surface area is 236 Å². The van der Waals surface area contributed by atoms with Crippen molar-refractivity contribution in [2.75, 3.05) is 13.2 Å². The number of nitrogens with one attached hydrogen (secondary N) is 1. The Hall–Kier alpha value is -3.57. The first-order valence-electron chi connectivity index (χ1n) is 14.1. The molecule has 1 N–H and O–H groups in total. The van der Waals surface area contributed by atoms with Gasteiger partial charge >= 0.3 is 12.1 Å². The van der Waals surface area contributed by atoms with Crippen molar-refractivity contribution < 1.29 is 41.8 Å². The fourth-order valence-corrected chi connectivity index (χ4v) is 5.97. The predicted octanol–water partition coefficient (Wildman–Crippen LogP) is 3.84. The minimum atomic E-state index is -2.96. The molecule has 0 radical (unpaired) electrons. The van der Waals surface area contributed by atoms with Gasteiger partial charge in [-0.25, -0.2) is 22.8 Å². The van der Waals surface area contributed by atoms with Crippen LogP contribution in [0.5, 0.6) is 0 Å². The highest BCUT2D eigenvalue weighted by Gasteiger charge is 2.62. The summed E-state index contributed by atoms with van der Waals surface area (Å²) >= 11 is 0. The van der Waals surface area contributed by atoms with E-state index in [-0.39, 0.29) is 58.3 Å². The maximum absolute atomic E-state index is 14.4. The van der Waals surface area contributed by atoms with Crippen molar-refractivity contribution in [3.63, 3.8) is 0 Å². The van der Waals surface area contributed by atoms with Crippen molar-refractivity contribution >= 4 is 23.9 Å². The fourth-order valence-electron chi connectivity index (χ4n) is 5.97. The maximum atomic E-state index is 14.4. The summed E-state index contributed by atoms with van der Waals surface area (Å²) in [5, 5.41) is 2.78. The molecule has 9 nitrogen and oxygen atoms in total. The third-order valence-corrected chi connectivity index (χ3v) is 8.32. The van der Waals surface area contributed by atoms with Crippen LogP contribution in [0.15, 0.2) is 30.4 Å². The Balaban J connectivity index is 1.33. The first kappa shape index (κ1) is 28.9. The molecular formula is C29H34F3N3O6. The van der Waals surface area contributed by atoms with Gasteiger partial charge in [-0.15, -0.1) is 0 Å². The number of hydrogen-bond donors (Lipinski definition) is 1. The standard InChI is InChI=1S/C29H34F3N3O6/c1-2-40-26(38)29-14-19(29)8-3-4-11-28(31,32)12-6-10-24(36)35-16-20(13-23(35)25(37)33-29)41-27(39)34-15-18-7-5-9-22(30)21(18)17-34/h3,5,7-9,19-20,23H,2,4,6,10-17H2,1H3,(H,33,37)/b8-3-/t19-,20-,23+,29-/m1/s1. The molecule has 1 saturated carbocycles. The van der Waals surface area contributed by atoms with Gasteiger partial charge in [0.05, 0.1) is 19.7 Å². The van der Waals surface area contributed by atoms with Crippen LogP contribution < -0.4 is 5.32 Å². The Bertz CT molecular complexity index is 1260. The van der Waals surface area contributed by atoms with E-state index < -0.39 is 72.1 Å². The van der Waals surface area contributed by atoms with Gasteiger partial charge in [0.15, 0.2) is 0 Å². The molecule has 1 aliphatic carbocycles. The van der Waals surface area contributed by atoms with E-state index in [0.29, 0.717) is 11.1 Å². The SMILES string of the molecule is CCOC(=O)[C@@]12C[C@H]1/C=C\CCC(F)(F)CCCC(=O)N1C[C@H](OC(=O)N3Cc4cccc(F)c4C3)C[C@H]1C(=O)N2. The van der Waals surface area contributed by atoms with Gasteiger partial charge < -0.3 is 19.7 Å². The number of carbonyl (C=O) groups is 4. The average molecular weight is 578 g/mol. The van der Waals surface area contributed by atoms with Gasteiger partial charge in [-0.1, -0.05) is 24.3 Å². The van der Waals surface area contributed by atoms with Crippen molar-refractivity contribution in [3.8, 4) is 0 Å². The first-order chi connectivity index (χ1) is 19.5. The number of carbonyl (C=O) groups excluding carboxylic acids is 4. The van der Waals surface area contributed by atoms with E-state index in [2.05, 4.69) is 5.32 Å². The van der Waals surface area contributed by atoms with Crippen molar-refractivity contribution in [1.29, 1.82) is 0 Å². The lowest BCUT2D eigenvalue weighted by atomic mass is 10.1. The van der Waals surface area contributed by atoms with Crippen LogP contribution in [0.25, 0.3) is 0 Å². The Morgan fingerprint density at radius 1 is 1.17 bits per heavy atom. The molecule has 1 aromatic carbocycles. The molecular weight excluding hydrogens is 543 g/mol. The monoisotopic (exact) mass is 577 g/mol. The molecule has 41 heavy (non-hydrogen) atoms. The summed E-state index contributed by atoms with van der Waals surface area (Å²) in [4.78, 5) is 55.1. The summed E-state index contributed by atoms with van der Waals surface area (Å²) in [6.45, 7) is 1.82. The topological polar surface area (TPSA) is 105 Å². The number of rotatable bonds is 3. The van der Waals surface area contributed by atoms with E-state index in [1.165, 1.54) is 15.9 Å². The number of hydrogen-bond acceptors (Lipinski definition) is 6. The van der Waals surface area contributed by atoms with Gasteiger partial charge in [0.2, 0.25) is 17.7 Å². The summed E-state index contributed by atoms with van der Waals surface area (Å²) in [6.07, 6.45) is 0.851. The average Bonchev–Trinajstić information content (AvgIpc) is 3.23. The number of halogens is 3. The number of alkyl halides is 2. The van der Waals surface area contributed by atoms with E-state index >= 15 is 0 Å². The molecule has 2 fully saturated rings. The third kappa shape index (κ3) is 6.06. The van der Waals surface area contributed by atoms with Crippen LogP contribution in [0.2, 0.25) is 0 Å². The van der Waals surface area contributed by atoms with Crippen molar-refractivity contribution in [2.45, 2.75) is 88.6 Å². The Morgan fingerprint density at radius 2 is 1.98 bits per heavy atom. The third-order valence-electron chi connectivity index (χ3n) is 8.32. The Kier molecular flexibility index (Phi) is 8.02. The molecule has 222 valence electrons. The second-order valence-electron chi connectivity index (χ2n) is 11.2. The highest BCUT2D eigenvalue weighted by atomic mass is 19.3. The number of nitrogens with zero attached hydrogens (tertiary/aromatic N) is 2. The highest BCUT2D eigenvalue weighted by molar-refractivity contribution is 5.95. The van der Waals surface area contributed by atoms with Crippen molar-refractivity contribution in [2.24, 2.45) is 5.92 Å². The lowest BCUT2D eigenvalue weighted by molar-refractivity contribution is -0.150. The number of amides is 3. The molecule has 1 aromatic rings. The maximum Gasteiger partial charge on any atom is 0.410 e. The van der Waals surface area contributed by atoms with Crippen LogP contribution in [0, 0.1) is 11.7 Å². The molecule has 4 aliphatic rings. The van der Waals surface area contributed by atoms with Crippen LogP contribution in [0.1, 0.15) is 63.0 Å². The lowest BCUT2D eigenvalue weighted by Crippen LogP contribution is -2.53. The zero-order chi connectivity index (χ0) is 29.4. The van der Waals surface area contributed by atoms with Crippen LogP contribution in [-0.4, -0.2) is 70.4 Å². The van der Waals surface area contributed by atoms with E-state index in [1.807, 2.05) is 0 Å². The van der Waals surface area contributed by atoms with Crippen LogP contribution in [0.3, 0.4) is 0 Å². The van der Waals surface area contributed by atoms with E-state index in [9.17, 15) is 32.3 Å². The largest absolute Gasteiger partial charge is 0.464 e. The molecule has 5 rings (SSSR count). The zero-order valence-corrected chi connectivity index (χ0v) is 22.9. The molecule has 1 saturated heterocycles. The molecule has 4 atom stereocenters. The van der Waals surface area contributed by atoms with Crippen LogP contribution >= 0.6 is 0 Å². The smallest absolute Gasteiger partial charge is 0.410 e. The molecule has 12 heteroatoms. The van der Waals surface area contributed by atoms with Gasteiger partial charge in [-0.05, 0) is 37.8 Å². The number of allylic oxidation sites excluding steroid dienone is 1. The molecule has 3 amide bonds. The summed E-state index contributed by atoms with van der Waals surface area (Å²) in [6, 6.07) is 3.54. The Morgan fingerprint density at radius 3 is 2.73 bits per heavy atom. The molecule has 0 unspecified atom stereocenters. The summed E-state index contributed by atoms with van der Waals surface area (Å²) in [5.41, 5.74) is -0.266. The lowest BCUT2D eigenvalue weighted by Gasteiger charge is -2.26. The predicted molar refractivity (Wildman–Crippen MR) is 139 cm³/mol. The second kappa shape index (κ2) is 11.4. The van der Waals surface area contributed by atoms with E-state index in [0.717, 1.165) is 0 Å². The minimum absolute atomic E-state index is 0.0330. The van der Waals surface area contributed by atoms with Crippen molar-refractivity contribution in [1.82, 2.24) is 15.1 Å². The normalized spacial score (nSPS) is 30.2. The highest BCUT2D eigenvalue weighted by Crippen LogP contribution is 2.46. The molecule has 0 spiro atoms. The minimum Gasteiger partial charge on any atom is -0.464 e. The van der Waals surface area contributed by atoms with Gasteiger partial charge in [-0.2, -0.15) is 0 Å². The van der Waals surface area contributed by atoms with E-state index in [1.54, 1.807) is 31.2 Å². The van der Waals surface area contributed by atoms with Gasteiger partial charge in [-0.3, -0.25) is 14.5 Å². The van der Waals surface area contributed by atoms with Gasteiger partial charge in [0.1, 0.15) is 23.5 Å². The van der Waals surface area contributed by atoms with Gasteiger partial charge in [0.25, 0.3) is 0 Å². The van der Waals surface area contributed by atoms with Crippen LogP contribution in [-0.2, 0) is 36.9 Å². The summed E-state index contributed by atoms with van der Waals surface area (Å²) in [5.74, 6) is -5.55. The second-order valence-corrected chi connectivity index (χ2v) is 11.2. The molecule has 3 heterocycles. The quantitative estimate of drug-likeness (QED) is 0.433. The summed E-state index contributed by atoms with van der Waals surface area (Å²) in [7, 11) is 0. The van der Waals surface area contributed by atoms with Crippen LogP contribution in [0.4, 0.5) is 18.0 Å². The number of benzene rings is 1. The number of esters is 1. The fraction of sp³-hybridized carbons (Fsp3) is 0.586. The van der Waals surface area contributed by atoms with Crippen molar-refractivity contribution in [3.05, 3.63) is 47.3 Å². The first-order valence-corrected chi connectivity index (χ1v) is 14.1. The summed E-state index contributed by atoms with van der Waals surface area (Å²) < 4.78 is 53.9. The molecule has 0 aromatic heterocycles. The van der Waals surface area contributed by atoms with E-state index in [4.69, 9.17) is 9.47 Å². The molecule has 3 aliphatic heterocycles.